The average Bonchev–Trinajstić information content (AvgIpc) is 2.91. The van der Waals surface area contributed by atoms with Crippen LogP contribution in [0.5, 0.6) is 0 Å². The van der Waals surface area contributed by atoms with Gasteiger partial charge in [-0.3, -0.25) is 14.4 Å². The minimum absolute atomic E-state index is 0.0449. The first-order valence-corrected chi connectivity index (χ1v) is 10.9. The van der Waals surface area contributed by atoms with Gasteiger partial charge in [-0.2, -0.15) is 13.2 Å². The fourth-order valence-electron chi connectivity index (χ4n) is 4.32. The van der Waals surface area contributed by atoms with E-state index in [-0.39, 0.29) is 42.8 Å². The third-order valence-corrected chi connectivity index (χ3v) is 6.48. The Kier molecular flexibility index (Phi) is 10.2. The molecule has 0 amide bonds. The van der Waals surface area contributed by atoms with Crippen LogP contribution in [0, 0.1) is 23.2 Å². The number of carbonyl (C=O) groups excluding carboxylic acids is 2. The molecule has 30 heavy (non-hydrogen) atoms. The summed E-state index contributed by atoms with van der Waals surface area (Å²) in [6, 6.07) is 0. The molecule has 4 atom stereocenters. The highest BCUT2D eigenvalue weighted by atomic mass is 19.4. The molecule has 7 heteroatoms. The van der Waals surface area contributed by atoms with E-state index in [9.17, 15) is 27.6 Å². The van der Waals surface area contributed by atoms with Gasteiger partial charge in [0.2, 0.25) is 0 Å². The predicted octanol–water partition coefficient (Wildman–Crippen LogP) is 6.14. The molecule has 172 valence electrons. The van der Waals surface area contributed by atoms with Gasteiger partial charge in [-0.15, -0.1) is 0 Å². The molecule has 0 saturated heterocycles. The lowest BCUT2D eigenvalue weighted by Gasteiger charge is -2.31. The van der Waals surface area contributed by atoms with Crippen molar-refractivity contribution in [2.45, 2.75) is 91.2 Å². The number of rotatable bonds is 13. The molecule has 1 saturated carbocycles. The molecule has 0 aliphatic heterocycles. The Balaban J connectivity index is 2.71. The van der Waals surface area contributed by atoms with Gasteiger partial charge in [0, 0.05) is 25.2 Å². The van der Waals surface area contributed by atoms with Gasteiger partial charge in [-0.05, 0) is 50.9 Å². The van der Waals surface area contributed by atoms with Crippen molar-refractivity contribution in [3.8, 4) is 0 Å². The van der Waals surface area contributed by atoms with E-state index < -0.39 is 23.3 Å². The quantitative estimate of drug-likeness (QED) is 0.280. The van der Waals surface area contributed by atoms with Crippen LogP contribution in [0.2, 0.25) is 0 Å². The van der Waals surface area contributed by atoms with Crippen molar-refractivity contribution in [3.05, 3.63) is 12.2 Å². The lowest BCUT2D eigenvalue weighted by molar-refractivity contribution is -0.218. The summed E-state index contributed by atoms with van der Waals surface area (Å²) in [6.07, 6.45) is 2.09. The number of hydrogen-bond donors (Lipinski definition) is 1. The van der Waals surface area contributed by atoms with Crippen molar-refractivity contribution in [2.24, 2.45) is 23.2 Å². The van der Waals surface area contributed by atoms with Crippen LogP contribution in [0.25, 0.3) is 0 Å². The molecular formula is C23H35F3O4. The Hall–Kier alpha value is -1.66. The fourth-order valence-corrected chi connectivity index (χ4v) is 4.32. The molecule has 1 rings (SSSR count). The van der Waals surface area contributed by atoms with E-state index in [1.54, 1.807) is 6.92 Å². The average molecular weight is 433 g/mol. The Morgan fingerprint density at radius 1 is 1.17 bits per heavy atom. The summed E-state index contributed by atoms with van der Waals surface area (Å²) in [6.45, 7) is 4.72. The number of aliphatic carboxylic acids is 1. The van der Waals surface area contributed by atoms with Crippen molar-refractivity contribution < 1.29 is 32.7 Å². The zero-order chi connectivity index (χ0) is 22.9. The van der Waals surface area contributed by atoms with Crippen molar-refractivity contribution in [3.63, 3.8) is 0 Å². The van der Waals surface area contributed by atoms with E-state index in [2.05, 4.69) is 0 Å². The number of Topliss-reactive ketones (excluding diaryl/α,β-unsaturated/α-hetero) is 2. The predicted molar refractivity (Wildman–Crippen MR) is 109 cm³/mol. The van der Waals surface area contributed by atoms with Crippen LogP contribution in [0.3, 0.4) is 0 Å². The zero-order valence-electron chi connectivity index (χ0n) is 18.3. The van der Waals surface area contributed by atoms with Crippen molar-refractivity contribution >= 4 is 17.5 Å². The Morgan fingerprint density at radius 2 is 1.83 bits per heavy atom. The largest absolute Gasteiger partial charge is 0.481 e. The second-order valence-electron chi connectivity index (χ2n) is 8.81. The van der Waals surface area contributed by atoms with Gasteiger partial charge in [-0.1, -0.05) is 38.8 Å². The van der Waals surface area contributed by atoms with Gasteiger partial charge in [0.25, 0.3) is 0 Å². The smallest absolute Gasteiger partial charge is 0.401 e. The molecular weight excluding hydrogens is 397 g/mol. The van der Waals surface area contributed by atoms with E-state index in [1.807, 2.05) is 19.1 Å². The first-order valence-electron chi connectivity index (χ1n) is 10.9. The van der Waals surface area contributed by atoms with Crippen molar-refractivity contribution in [1.29, 1.82) is 0 Å². The molecule has 0 bridgehead atoms. The summed E-state index contributed by atoms with van der Waals surface area (Å²) < 4.78 is 40.8. The number of carbonyl (C=O) groups is 3. The molecule has 0 aromatic rings. The van der Waals surface area contributed by atoms with Crippen LogP contribution in [0.4, 0.5) is 13.2 Å². The Labute approximate surface area is 177 Å². The maximum Gasteiger partial charge on any atom is 0.401 e. The van der Waals surface area contributed by atoms with E-state index in [1.165, 1.54) is 0 Å². The molecule has 1 N–H and O–H groups in total. The van der Waals surface area contributed by atoms with Crippen LogP contribution in [-0.2, 0) is 14.4 Å². The molecule has 0 aromatic heterocycles. The second-order valence-corrected chi connectivity index (χ2v) is 8.81. The first kappa shape index (κ1) is 26.4. The van der Waals surface area contributed by atoms with Crippen LogP contribution >= 0.6 is 0 Å². The Bertz CT molecular complexity index is 626. The topological polar surface area (TPSA) is 71.4 Å². The molecule has 1 aliphatic rings. The SMILES string of the molecule is CCCC[C@](C)(C(=O)CC[C@H]1[C@H](C)CC(=O)[C@@H]1CC=CCCCC(=O)O)C(F)(F)F. The molecule has 1 aliphatic carbocycles. The third-order valence-electron chi connectivity index (χ3n) is 6.48. The van der Waals surface area contributed by atoms with Gasteiger partial charge >= 0.3 is 12.1 Å². The van der Waals surface area contributed by atoms with Crippen LogP contribution in [0.1, 0.15) is 85.0 Å². The van der Waals surface area contributed by atoms with Gasteiger partial charge < -0.3 is 5.11 Å². The maximum atomic E-state index is 13.6. The summed E-state index contributed by atoms with van der Waals surface area (Å²) in [7, 11) is 0. The number of carboxylic acid groups (broad SMARTS) is 1. The van der Waals surface area contributed by atoms with Gasteiger partial charge in [0.05, 0.1) is 0 Å². The molecule has 0 aromatic carbocycles. The van der Waals surface area contributed by atoms with Crippen LogP contribution < -0.4 is 0 Å². The molecule has 0 heterocycles. The van der Waals surface area contributed by atoms with Crippen LogP contribution in [-0.4, -0.2) is 28.8 Å². The number of halogens is 3. The van der Waals surface area contributed by atoms with Gasteiger partial charge in [0.1, 0.15) is 17.0 Å². The summed E-state index contributed by atoms with van der Waals surface area (Å²) >= 11 is 0. The highest BCUT2D eigenvalue weighted by molar-refractivity contribution is 5.86. The normalized spacial score (nSPS) is 24.3. The molecule has 0 unspecified atom stereocenters. The van der Waals surface area contributed by atoms with Crippen molar-refractivity contribution in [1.82, 2.24) is 0 Å². The monoisotopic (exact) mass is 432 g/mol. The Morgan fingerprint density at radius 3 is 2.40 bits per heavy atom. The lowest BCUT2D eigenvalue weighted by Crippen LogP contribution is -2.42. The number of alkyl halides is 3. The number of carboxylic acids is 1. The maximum absolute atomic E-state index is 13.6. The second kappa shape index (κ2) is 11.7. The highest BCUT2D eigenvalue weighted by Gasteiger charge is 2.55. The summed E-state index contributed by atoms with van der Waals surface area (Å²) in [4.78, 5) is 35.5. The van der Waals surface area contributed by atoms with Gasteiger partial charge in [0.15, 0.2) is 0 Å². The van der Waals surface area contributed by atoms with Gasteiger partial charge in [-0.25, -0.2) is 0 Å². The third kappa shape index (κ3) is 7.24. The number of ketones is 2. The number of unbranched alkanes of at least 4 members (excludes halogenated alkanes) is 2. The standard InChI is InChI=1S/C23H35F3O4/c1-4-5-14-22(3,23(24,25)26)20(28)13-12-17-16(2)15-19(27)18(17)10-8-6-7-9-11-21(29)30/h6,8,16-18H,4-5,7,9-15H2,1-3H3,(H,29,30)/t16-,17+,18-,22-/m1/s1. The van der Waals surface area contributed by atoms with E-state index >= 15 is 0 Å². The lowest BCUT2D eigenvalue weighted by atomic mass is 9.76. The minimum Gasteiger partial charge on any atom is -0.481 e. The molecule has 0 spiro atoms. The number of hydrogen-bond acceptors (Lipinski definition) is 3. The van der Waals surface area contributed by atoms with E-state index in [0.29, 0.717) is 44.9 Å². The number of allylic oxidation sites excluding steroid dienone is 2. The van der Waals surface area contributed by atoms with Crippen LogP contribution in [0.15, 0.2) is 12.2 Å². The fraction of sp³-hybridized carbons (Fsp3) is 0.783. The minimum atomic E-state index is -4.57. The van der Waals surface area contributed by atoms with E-state index in [4.69, 9.17) is 5.11 Å². The molecule has 0 radical (unpaired) electrons. The highest BCUT2D eigenvalue weighted by Crippen LogP contribution is 2.45. The summed E-state index contributed by atoms with van der Waals surface area (Å²) in [5.74, 6) is -1.87. The summed E-state index contributed by atoms with van der Waals surface area (Å²) in [5, 5.41) is 8.63. The summed E-state index contributed by atoms with van der Waals surface area (Å²) in [5.41, 5.74) is -2.32. The first-order chi connectivity index (χ1) is 13.9. The van der Waals surface area contributed by atoms with Crippen molar-refractivity contribution in [2.75, 3.05) is 0 Å². The van der Waals surface area contributed by atoms with E-state index in [0.717, 1.165) is 6.92 Å². The molecule has 1 fully saturated rings. The zero-order valence-corrected chi connectivity index (χ0v) is 18.3. The molecule has 4 nitrogen and oxygen atoms in total.